The molecule has 1 aromatic heterocycles. The molecule has 0 aliphatic carbocycles. The summed E-state index contributed by atoms with van der Waals surface area (Å²) in [5.41, 5.74) is 3.51. The van der Waals surface area contributed by atoms with Crippen molar-refractivity contribution in [3.8, 4) is 11.1 Å². The molecule has 3 heteroatoms. The van der Waals surface area contributed by atoms with Gasteiger partial charge in [-0.2, -0.15) is 0 Å². The van der Waals surface area contributed by atoms with Crippen molar-refractivity contribution in [1.29, 1.82) is 0 Å². The molecule has 0 fully saturated rings. The van der Waals surface area contributed by atoms with Crippen molar-refractivity contribution >= 4 is 5.83 Å². The van der Waals surface area contributed by atoms with E-state index in [2.05, 4.69) is 11.9 Å². The second-order valence-electron chi connectivity index (χ2n) is 5.55. The quantitative estimate of drug-likeness (QED) is 0.617. The topological polar surface area (TPSA) is 12.9 Å². The van der Waals surface area contributed by atoms with E-state index in [1.54, 1.807) is 31.3 Å². The van der Waals surface area contributed by atoms with Crippen LogP contribution in [0.3, 0.4) is 0 Å². The lowest BCUT2D eigenvalue weighted by atomic mass is 10.0. The van der Waals surface area contributed by atoms with Crippen LogP contribution in [0.1, 0.15) is 43.0 Å². The molecule has 2 aromatic rings. The minimum atomic E-state index is -0.271. The van der Waals surface area contributed by atoms with Crippen LogP contribution >= 0.6 is 0 Å². The number of pyridine rings is 1. The van der Waals surface area contributed by atoms with Gasteiger partial charge in [-0.1, -0.05) is 19.4 Å². The van der Waals surface area contributed by atoms with E-state index >= 15 is 0 Å². The fourth-order valence-corrected chi connectivity index (χ4v) is 2.34. The minimum Gasteiger partial charge on any atom is -0.253 e. The maximum atomic E-state index is 14.1. The molecule has 0 unspecified atom stereocenters. The zero-order valence-corrected chi connectivity index (χ0v) is 13.3. The fraction of sp³-hybridized carbons (Fsp3) is 0.316. The van der Waals surface area contributed by atoms with Crippen molar-refractivity contribution < 1.29 is 8.78 Å². The first-order chi connectivity index (χ1) is 10.5. The summed E-state index contributed by atoms with van der Waals surface area (Å²) in [5, 5.41) is 0. The molecule has 22 heavy (non-hydrogen) atoms. The van der Waals surface area contributed by atoms with Gasteiger partial charge in [0.2, 0.25) is 0 Å². The minimum absolute atomic E-state index is 0.227. The zero-order chi connectivity index (χ0) is 16.1. The van der Waals surface area contributed by atoms with Crippen LogP contribution in [0.2, 0.25) is 0 Å². The van der Waals surface area contributed by atoms with E-state index in [0.717, 1.165) is 36.0 Å². The molecule has 0 saturated carbocycles. The summed E-state index contributed by atoms with van der Waals surface area (Å²) in [4.78, 5) is 4.25. The Morgan fingerprint density at radius 1 is 1.14 bits per heavy atom. The second kappa shape index (κ2) is 7.30. The standard InChI is InChI=1S/C19H21F2N/c1-4-5-6-7-18(21)19-14(3)11-16(12-22-19)15-8-9-17(20)13(2)10-15/h7-12H,4-6H2,1-3H3/b18-7+. The van der Waals surface area contributed by atoms with Gasteiger partial charge in [-0.05, 0) is 67.7 Å². The molecule has 0 aliphatic heterocycles. The average Bonchev–Trinajstić information content (AvgIpc) is 2.50. The lowest BCUT2D eigenvalue weighted by Gasteiger charge is -2.08. The smallest absolute Gasteiger partial charge is 0.145 e. The van der Waals surface area contributed by atoms with Crippen LogP contribution in [0.4, 0.5) is 8.78 Å². The number of hydrogen-bond donors (Lipinski definition) is 0. The van der Waals surface area contributed by atoms with E-state index in [1.807, 2.05) is 13.0 Å². The van der Waals surface area contributed by atoms with E-state index < -0.39 is 0 Å². The van der Waals surface area contributed by atoms with Crippen molar-refractivity contribution in [2.24, 2.45) is 0 Å². The van der Waals surface area contributed by atoms with Crippen LogP contribution in [-0.4, -0.2) is 4.98 Å². The molecule has 1 nitrogen and oxygen atoms in total. The summed E-state index contributed by atoms with van der Waals surface area (Å²) >= 11 is 0. The van der Waals surface area contributed by atoms with Crippen LogP contribution in [0, 0.1) is 19.7 Å². The van der Waals surface area contributed by atoms with Crippen LogP contribution in [0.25, 0.3) is 17.0 Å². The molecule has 0 atom stereocenters. The van der Waals surface area contributed by atoms with Gasteiger partial charge in [-0.25, -0.2) is 8.78 Å². The highest BCUT2D eigenvalue weighted by Gasteiger charge is 2.09. The molecule has 0 spiro atoms. The summed E-state index contributed by atoms with van der Waals surface area (Å²) in [6, 6.07) is 6.83. The van der Waals surface area contributed by atoms with Gasteiger partial charge >= 0.3 is 0 Å². The number of nitrogens with zero attached hydrogens (tertiary/aromatic N) is 1. The highest BCUT2D eigenvalue weighted by molar-refractivity contribution is 5.67. The first-order valence-electron chi connectivity index (χ1n) is 7.62. The average molecular weight is 301 g/mol. The van der Waals surface area contributed by atoms with E-state index in [1.165, 1.54) is 6.07 Å². The first kappa shape index (κ1) is 16.3. The maximum absolute atomic E-state index is 14.1. The Balaban J connectivity index is 2.29. The highest BCUT2D eigenvalue weighted by atomic mass is 19.1. The molecule has 0 radical (unpaired) electrons. The predicted molar refractivity (Wildman–Crippen MR) is 87.7 cm³/mol. The predicted octanol–water partition coefficient (Wildman–Crippen LogP) is 6.01. The first-order valence-corrected chi connectivity index (χ1v) is 7.62. The van der Waals surface area contributed by atoms with Gasteiger partial charge in [0.05, 0.1) is 0 Å². The van der Waals surface area contributed by atoms with Crippen molar-refractivity contribution in [1.82, 2.24) is 4.98 Å². The molecule has 0 amide bonds. The summed E-state index contributed by atoms with van der Waals surface area (Å²) in [7, 11) is 0. The van der Waals surface area contributed by atoms with Gasteiger partial charge in [0.25, 0.3) is 0 Å². The summed E-state index contributed by atoms with van der Waals surface area (Å²) in [6.07, 6.45) is 5.98. The molecular weight excluding hydrogens is 280 g/mol. The monoisotopic (exact) mass is 301 g/mol. The third-order valence-electron chi connectivity index (χ3n) is 3.68. The molecule has 116 valence electrons. The Kier molecular flexibility index (Phi) is 5.42. The van der Waals surface area contributed by atoms with E-state index in [-0.39, 0.29) is 11.6 Å². The number of rotatable bonds is 5. The molecule has 0 aliphatic rings. The number of hydrogen-bond acceptors (Lipinski definition) is 1. The Bertz CT molecular complexity index is 690. The second-order valence-corrected chi connectivity index (χ2v) is 5.55. The van der Waals surface area contributed by atoms with Gasteiger partial charge in [-0.15, -0.1) is 0 Å². The number of aryl methyl sites for hydroxylation is 2. The highest BCUT2D eigenvalue weighted by Crippen LogP contribution is 2.26. The lowest BCUT2D eigenvalue weighted by molar-refractivity contribution is 0.619. The third kappa shape index (κ3) is 3.79. The number of aromatic nitrogens is 1. The Hall–Kier alpha value is -2.03. The molecule has 1 heterocycles. The van der Waals surface area contributed by atoms with E-state index in [4.69, 9.17) is 0 Å². The van der Waals surface area contributed by atoms with Crippen LogP contribution in [0.15, 0.2) is 36.5 Å². The summed E-state index contributed by atoms with van der Waals surface area (Å²) < 4.78 is 27.5. The largest absolute Gasteiger partial charge is 0.253 e. The maximum Gasteiger partial charge on any atom is 0.145 e. The van der Waals surface area contributed by atoms with Gasteiger partial charge in [-0.3, -0.25) is 4.98 Å². The van der Waals surface area contributed by atoms with Crippen LogP contribution < -0.4 is 0 Å². The van der Waals surface area contributed by atoms with Crippen molar-refractivity contribution in [3.63, 3.8) is 0 Å². The molecular formula is C19H21F2N. The van der Waals surface area contributed by atoms with E-state index in [0.29, 0.717) is 11.3 Å². The SMILES string of the molecule is CCCC/C=C(/F)c1ncc(-c2ccc(F)c(C)c2)cc1C. The van der Waals surface area contributed by atoms with Crippen molar-refractivity contribution in [2.45, 2.75) is 40.0 Å². The van der Waals surface area contributed by atoms with E-state index in [9.17, 15) is 8.78 Å². The van der Waals surface area contributed by atoms with Crippen molar-refractivity contribution in [3.05, 3.63) is 59.2 Å². The lowest BCUT2D eigenvalue weighted by Crippen LogP contribution is -1.93. The normalized spacial score (nSPS) is 11.8. The van der Waals surface area contributed by atoms with Gasteiger partial charge < -0.3 is 0 Å². The van der Waals surface area contributed by atoms with Crippen molar-refractivity contribution in [2.75, 3.05) is 0 Å². The van der Waals surface area contributed by atoms with Gasteiger partial charge in [0.1, 0.15) is 17.3 Å². The molecule has 0 saturated heterocycles. The summed E-state index contributed by atoms with van der Waals surface area (Å²) in [5.74, 6) is -0.497. The zero-order valence-electron chi connectivity index (χ0n) is 13.3. The number of unbranched alkanes of at least 4 members (excludes halogenated alkanes) is 2. The molecule has 0 N–H and O–H groups in total. The Morgan fingerprint density at radius 2 is 1.86 bits per heavy atom. The van der Waals surface area contributed by atoms with Gasteiger partial charge in [0.15, 0.2) is 0 Å². The third-order valence-corrected chi connectivity index (χ3v) is 3.68. The Labute approximate surface area is 130 Å². The fourth-order valence-electron chi connectivity index (χ4n) is 2.34. The molecule has 0 bridgehead atoms. The Morgan fingerprint density at radius 3 is 2.50 bits per heavy atom. The summed E-state index contributed by atoms with van der Waals surface area (Å²) in [6.45, 7) is 5.65. The van der Waals surface area contributed by atoms with Crippen LogP contribution in [0.5, 0.6) is 0 Å². The number of allylic oxidation sites excluding steroid dienone is 1. The van der Waals surface area contributed by atoms with Gasteiger partial charge in [0, 0.05) is 11.8 Å². The van der Waals surface area contributed by atoms with Crippen LogP contribution in [-0.2, 0) is 0 Å². The number of halogens is 2. The molecule has 2 rings (SSSR count). The number of benzene rings is 1. The molecule has 1 aromatic carbocycles.